The van der Waals surface area contributed by atoms with Crippen molar-refractivity contribution in [1.29, 1.82) is 0 Å². The predicted octanol–water partition coefficient (Wildman–Crippen LogP) is 4.14. The van der Waals surface area contributed by atoms with Gasteiger partial charge < -0.3 is 15.0 Å². The Balaban J connectivity index is 1.84. The number of benzene rings is 1. The molecule has 23 heavy (non-hydrogen) atoms. The third kappa shape index (κ3) is 5.40. The molecule has 1 aliphatic heterocycles. The molecule has 1 aromatic carbocycles. The zero-order chi connectivity index (χ0) is 17.0. The zero-order valence-corrected chi connectivity index (χ0v) is 15.2. The third-order valence-corrected chi connectivity index (χ3v) is 4.36. The Morgan fingerprint density at radius 3 is 2.83 bits per heavy atom. The van der Waals surface area contributed by atoms with Gasteiger partial charge in [-0.15, -0.1) is 0 Å². The second-order valence-corrected chi connectivity index (χ2v) is 7.59. The molecule has 5 heteroatoms. The fourth-order valence-electron chi connectivity index (χ4n) is 2.74. The highest BCUT2D eigenvalue weighted by molar-refractivity contribution is 6.31. The lowest BCUT2D eigenvalue weighted by molar-refractivity contribution is 0.0226. The van der Waals surface area contributed by atoms with E-state index in [2.05, 4.69) is 11.4 Å². The van der Waals surface area contributed by atoms with Gasteiger partial charge in [0.05, 0.1) is 0 Å². The van der Waals surface area contributed by atoms with Gasteiger partial charge in [-0.2, -0.15) is 0 Å². The first-order valence-electron chi connectivity index (χ1n) is 8.21. The molecule has 1 saturated heterocycles. The van der Waals surface area contributed by atoms with Crippen LogP contribution in [-0.4, -0.2) is 35.7 Å². The van der Waals surface area contributed by atoms with Crippen molar-refractivity contribution in [2.75, 3.05) is 13.1 Å². The number of aryl methyl sites for hydroxylation is 1. The number of amides is 1. The van der Waals surface area contributed by atoms with Gasteiger partial charge in [0.15, 0.2) is 0 Å². The first-order valence-corrected chi connectivity index (χ1v) is 8.59. The van der Waals surface area contributed by atoms with Gasteiger partial charge in [0, 0.05) is 30.7 Å². The lowest BCUT2D eigenvalue weighted by Gasteiger charge is -2.28. The predicted molar refractivity (Wildman–Crippen MR) is 93.9 cm³/mol. The molecule has 1 atom stereocenters. The number of halogens is 1. The number of carbonyl (C=O) groups excluding carboxylic acids is 1. The van der Waals surface area contributed by atoms with E-state index in [0.29, 0.717) is 0 Å². The number of rotatable bonds is 4. The first kappa shape index (κ1) is 18.1. The van der Waals surface area contributed by atoms with Crippen molar-refractivity contribution in [2.24, 2.45) is 0 Å². The first-order chi connectivity index (χ1) is 10.8. The second-order valence-electron chi connectivity index (χ2n) is 7.18. The largest absolute Gasteiger partial charge is 0.444 e. The van der Waals surface area contributed by atoms with Gasteiger partial charge in [0.2, 0.25) is 0 Å². The highest BCUT2D eigenvalue weighted by atomic mass is 35.5. The van der Waals surface area contributed by atoms with Crippen molar-refractivity contribution < 1.29 is 9.53 Å². The number of ether oxygens (including phenoxy) is 1. The van der Waals surface area contributed by atoms with Crippen LogP contribution in [0.25, 0.3) is 0 Å². The minimum atomic E-state index is -0.448. The summed E-state index contributed by atoms with van der Waals surface area (Å²) in [5.74, 6) is 0. The molecular formula is C18H27ClN2O2. The Morgan fingerprint density at radius 1 is 1.43 bits per heavy atom. The summed E-state index contributed by atoms with van der Waals surface area (Å²) < 4.78 is 5.49. The van der Waals surface area contributed by atoms with Crippen LogP contribution in [0.2, 0.25) is 5.02 Å². The van der Waals surface area contributed by atoms with E-state index in [4.69, 9.17) is 16.3 Å². The fraction of sp³-hybridized carbons (Fsp3) is 0.611. The van der Waals surface area contributed by atoms with Crippen molar-refractivity contribution in [3.05, 3.63) is 34.3 Å². The van der Waals surface area contributed by atoms with Crippen molar-refractivity contribution in [3.63, 3.8) is 0 Å². The van der Waals surface area contributed by atoms with E-state index in [9.17, 15) is 4.79 Å². The SMILES string of the molecule is Cc1ccc(CNCC2CCCN2C(=O)OC(C)(C)C)cc1Cl. The van der Waals surface area contributed by atoms with E-state index in [1.807, 2.05) is 44.7 Å². The Kier molecular flexibility index (Phi) is 5.93. The minimum absolute atomic E-state index is 0.200. The normalized spacial score (nSPS) is 18.3. The Hall–Kier alpha value is -1.26. The minimum Gasteiger partial charge on any atom is -0.444 e. The van der Waals surface area contributed by atoms with Crippen LogP contribution in [0.1, 0.15) is 44.7 Å². The number of nitrogens with zero attached hydrogens (tertiary/aromatic N) is 1. The maximum atomic E-state index is 12.2. The number of likely N-dealkylation sites (tertiary alicyclic amines) is 1. The topological polar surface area (TPSA) is 41.6 Å². The maximum Gasteiger partial charge on any atom is 0.410 e. The van der Waals surface area contributed by atoms with Crippen LogP contribution in [0.4, 0.5) is 4.79 Å². The van der Waals surface area contributed by atoms with Gasteiger partial charge in [-0.25, -0.2) is 4.79 Å². The lowest BCUT2D eigenvalue weighted by atomic mass is 10.1. The summed E-state index contributed by atoms with van der Waals surface area (Å²) in [5, 5.41) is 4.22. The summed E-state index contributed by atoms with van der Waals surface area (Å²) in [6.45, 7) is 9.98. The molecule has 0 spiro atoms. The smallest absolute Gasteiger partial charge is 0.410 e. The molecular weight excluding hydrogens is 312 g/mol. The zero-order valence-electron chi connectivity index (χ0n) is 14.5. The molecule has 1 aromatic rings. The van der Waals surface area contributed by atoms with Crippen LogP contribution in [-0.2, 0) is 11.3 Å². The van der Waals surface area contributed by atoms with Crippen LogP contribution in [0.3, 0.4) is 0 Å². The van der Waals surface area contributed by atoms with E-state index in [1.54, 1.807) is 0 Å². The molecule has 1 unspecified atom stereocenters. The van der Waals surface area contributed by atoms with E-state index in [1.165, 1.54) is 0 Å². The molecule has 1 N–H and O–H groups in total. The standard InChI is InChI=1S/C18H27ClN2O2/c1-13-7-8-14(10-16(13)19)11-20-12-15-6-5-9-21(15)17(22)23-18(2,3)4/h7-8,10,15,20H,5-6,9,11-12H2,1-4H3. The fourth-order valence-corrected chi connectivity index (χ4v) is 2.94. The van der Waals surface area contributed by atoms with Crippen molar-refractivity contribution in [3.8, 4) is 0 Å². The van der Waals surface area contributed by atoms with E-state index >= 15 is 0 Å². The number of hydrogen-bond acceptors (Lipinski definition) is 3. The number of hydrogen-bond donors (Lipinski definition) is 1. The highest BCUT2D eigenvalue weighted by Crippen LogP contribution is 2.21. The summed E-state index contributed by atoms with van der Waals surface area (Å²) in [6.07, 6.45) is 1.84. The molecule has 1 amide bonds. The molecule has 1 fully saturated rings. The average Bonchev–Trinajstić information content (AvgIpc) is 2.89. The molecule has 0 aromatic heterocycles. The summed E-state index contributed by atoms with van der Waals surface area (Å²) >= 11 is 6.15. The number of nitrogens with one attached hydrogen (secondary N) is 1. The molecule has 0 radical (unpaired) electrons. The quantitative estimate of drug-likeness (QED) is 0.897. The van der Waals surface area contributed by atoms with Gasteiger partial charge in [-0.05, 0) is 57.7 Å². The van der Waals surface area contributed by atoms with Crippen molar-refractivity contribution in [1.82, 2.24) is 10.2 Å². The van der Waals surface area contributed by atoms with Gasteiger partial charge >= 0.3 is 6.09 Å². The Bertz CT molecular complexity index is 554. The van der Waals surface area contributed by atoms with Gasteiger partial charge in [-0.3, -0.25) is 0 Å². The van der Waals surface area contributed by atoms with Crippen molar-refractivity contribution in [2.45, 2.75) is 58.7 Å². The van der Waals surface area contributed by atoms with Crippen LogP contribution in [0.15, 0.2) is 18.2 Å². The second kappa shape index (κ2) is 7.54. The molecule has 0 bridgehead atoms. The molecule has 2 rings (SSSR count). The van der Waals surface area contributed by atoms with Crippen LogP contribution < -0.4 is 5.32 Å². The van der Waals surface area contributed by atoms with Crippen LogP contribution in [0.5, 0.6) is 0 Å². The number of carbonyl (C=O) groups is 1. The Labute approximate surface area is 144 Å². The van der Waals surface area contributed by atoms with Crippen molar-refractivity contribution >= 4 is 17.7 Å². The van der Waals surface area contributed by atoms with Gasteiger partial charge in [-0.1, -0.05) is 23.7 Å². The molecule has 128 valence electrons. The molecule has 0 aliphatic carbocycles. The van der Waals surface area contributed by atoms with E-state index in [-0.39, 0.29) is 12.1 Å². The summed E-state index contributed by atoms with van der Waals surface area (Å²) in [5.41, 5.74) is 1.79. The Morgan fingerprint density at radius 2 is 2.17 bits per heavy atom. The average molecular weight is 339 g/mol. The molecule has 4 nitrogen and oxygen atoms in total. The summed E-state index contributed by atoms with van der Waals surface area (Å²) in [6, 6.07) is 6.30. The van der Waals surface area contributed by atoms with Crippen LogP contribution in [0, 0.1) is 6.92 Å². The van der Waals surface area contributed by atoms with Gasteiger partial charge in [0.1, 0.15) is 5.60 Å². The molecule has 1 heterocycles. The summed E-state index contributed by atoms with van der Waals surface area (Å²) in [4.78, 5) is 14.1. The monoisotopic (exact) mass is 338 g/mol. The van der Waals surface area contributed by atoms with E-state index < -0.39 is 5.60 Å². The molecule has 1 aliphatic rings. The maximum absolute atomic E-state index is 12.2. The highest BCUT2D eigenvalue weighted by Gasteiger charge is 2.31. The van der Waals surface area contributed by atoms with Gasteiger partial charge in [0.25, 0.3) is 0 Å². The van der Waals surface area contributed by atoms with Crippen LogP contribution >= 0.6 is 11.6 Å². The lowest BCUT2D eigenvalue weighted by Crippen LogP contribution is -2.44. The third-order valence-electron chi connectivity index (χ3n) is 3.95. The molecule has 0 saturated carbocycles. The van der Waals surface area contributed by atoms with E-state index in [0.717, 1.165) is 48.6 Å². The summed E-state index contributed by atoms with van der Waals surface area (Å²) in [7, 11) is 0.